The van der Waals surface area contributed by atoms with Crippen molar-refractivity contribution in [3.63, 3.8) is 0 Å². The van der Waals surface area contributed by atoms with Crippen molar-refractivity contribution in [1.82, 2.24) is 4.90 Å². The first kappa shape index (κ1) is 14.5. The molecular formula is C14H23BrN2S. The Hall–Kier alpha value is 0.1000. The van der Waals surface area contributed by atoms with E-state index in [1.165, 1.54) is 41.0 Å². The van der Waals surface area contributed by atoms with Gasteiger partial charge in [0.15, 0.2) is 0 Å². The third-order valence-electron chi connectivity index (χ3n) is 3.96. The third kappa shape index (κ3) is 3.56. The van der Waals surface area contributed by atoms with Crippen LogP contribution in [0.2, 0.25) is 0 Å². The summed E-state index contributed by atoms with van der Waals surface area (Å²) in [5.41, 5.74) is 6.50. The number of nitrogens with zero attached hydrogens (tertiary/aromatic N) is 1. The van der Waals surface area contributed by atoms with Gasteiger partial charge in [0.2, 0.25) is 0 Å². The molecule has 1 fully saturated rings. The molecule has 0 spiro atoms. The van der Waals surface area contributed by atoms with E-state index in [2.05, 4.69) is 46.8 Å². The number of hydrogen-bond donors (Lipinski definition) is 1. The highest BCUT2D eigenvalue weighted by Gasteiger charge is 2.27. The fraction of sp³-hybridized carbons (Fsp3) is 0.714. The summed E-state index contributed by atoms with van der Waals surface area (Å²) in [6.07, 6.45) is 3.89. The molecule has 1 unspecified atom stereocenters. The fourth-order valence-electron chi connectivity index (χ4n) is 2.71. The van der Waals surface area contributed by atoms with Crippen LogP contribution in [0.1, 0.15) is 44.0 Å². The Kier molecular flexibility index (Phi) is 4.86. The average Bonchev–Trinajstić information content (AvgIpc) is 2.64. The van der Waals surface area contributed by atoms with Gasteiger partial charge in [-0.15, -0.1) is 11.3 Å². The molecule has 2 nitrogen and oxygen atoms in total. The average molecular weight is 331 g/mol. The first-order chi connectivity index (χ1) is 8.52. The molecule has 0 amide bonds. The van der Waals surface area contributed by atoms with Crippen LogP contribution in [0.3, 0.4) is 0 Å². The Labute approximate surface area is 123 Å². The van der Waals surface area contributed by atoms with E-state index in [4.69, 9.17) is 5.73 Å². The molecule has 1 aliphatic heterocycles. The zero-order valence-electron chi connectivity index (χ0n) is 11.3. The molecule has 2 heterocycles. The van der Waals surface area contributed by atoms with Gasteiger partial charge in [0.25, 0.3) is 0 Å². The third-order valence-corrected chi connectivity index (χ3v) is 5.69. The maximum absolute atomic E-state index is 6.01. The van der Waals surface area contributed by atoms with Crippen LogP contribution in [-0.2, 0) is 0 Å². The molecule has 0 aromatic carbocycles. The van der Waals surface area contributed by atoms with E-state index < -0.39 is 0 Å². The Bertz CT molecular complexity index is 389. The zero-order chi connectivity index (χ0) is 13.2. The molecule has 1 aromatic rings. The first-order valence-electron chi connectivity index (χ1n) is 6.71. The van der Waals surface area contributed by atoms with E-state index in [0.717, 1.165) is 0 Å². The van der Waals surface area contributed by atoms with Gasteiger partial charge in [-0.3, -0.25) is 4.90 Å². The van der Waals surface area contributed by atoms with Crippen LogP contribution < -0.4 is 5.73 Å². The van der Waals surface area contributed by atoms with Crippen LogP contribution >= 0.6 is 27.3 Å². The van der Waals surface area contributed by atoms with E-state index in [1.54, 1.807) is 0 Å². The van der Waals surface area contributed by atoms with E-state index in [1.807, 2.05) is 11.3 Å². The van der Waals surface area contributed by atoms with Crippen molar-refractivity contribution in [1.29, 1.82) is 0 Å². The first-order valence-corrected chi connectivity index (χ1v) is 8.32. The maximum atomic E-state index is 6.01. The van der Waals surface area contributed by atoms with E-state index in [-0.39, 0.29) is 0 Å². The minimum Gasteiger partial charge on any atom is -0.329 e. The molecule has 18 heavy (non-hydrogen) atoms. The second-order valence-corrected chi connectivity index (χ2v) is 8.44. The molecule has 0 saturated carbocycles. The lowest BCUT2D eigenvalue weighted by atomic mass is 9.85. The highest BCUT2D eigenvalue weighted by molar-refractivity contribution is 9.11. The maximum Gasteiger partial charge on any atom is 0.0702 e. The molecule has 1 atom stereocenters. The number of hydrogen-bond acceptors (Lipinski definition) is 3. The highest BCUT2D eigenvalue weighted by atomic mass is 79.9. The van der Waals surface area contributed by atoms with Gasteiger partial charge < -0.3 is 5.73 Å². The summed E-state index contributed by atoms with van der Waals surface area (Å²) in [7, 11) is 0. The van der Waals surface area contributed by atoms with Crippen LogP contribution in [0, 0.1) is 5.41 Å². The quantitative estimate of drug-likeness (QED) is 0.906. The standard InChI is InChI=1S/C14H23BrN2S/c1-14(2)6-3-8-17(9-7-14)11(10-16)12-4-5-13(15)18-12/h4-5,11H,3,6-10,16H2,1-2H3. The predicted octanol–water partition coefficient (Wildman–Crippen LogP) is 4.02. The van der Waals surface area contributed by atoms with E-state index in [9.17, 15) is 0 Å². The summed E-state index contributed by atoms with van der Waals surface area (Å²) in [6.45, 7) is 7.84. The highest BCUT2D eigenvalue weighted by Crippen LogP contribution is 2.35. The molecule has 102 valence electrons. The molecular weight excluding hydrogens is 308 g/mol. The van der Waals surface area contributed by atoms with Gasteiger partial charge in [-0.05, 0) is 65.8 Å². The second-order valence-electron chi connectivity index (χ2n) is 5.95. The van der Waals surface area contributed by atoms with Crippen molar-refractivity contribution < 1.29 is 0 Å². The van der Waals surface area contributed by atoms with Gasteiger partial charge in [-0.2, -0.15) is 0 Å². The summed E-state index contributed by atoms with van der Waals surface area (Å²) in [5.74, 6) is 0. The lowest BCUT2D eigenvalue weighted by molar-refractivity contribution is 0.202. The molecule has 2 rings (SSSR count). The normalized spacial score (nSPS) is 22.7. The number of nitrogens with two attached hydrogens (primary N) is 1. The molecule has 1 saturated heterocycles. The Balaban J connectivity index is 2.08. The van der Waals surface area contributed by atoms with Gasteiger partial charge in [0.1, 0.15) is 0 Å². The lowest BCUT2D eigenvalue weighted by Crippen LogP contribution is -2.34. The van der Waals surface area contributed by atoms with Crippen LogP contribution in [0.4, 0.5) is 0 Å². The van der Waals surface area contributed by atoms with Crippen LogP contribution in [0.25, 0.3) is 0 Å². The van der Waals surface area contributed by atoms with Crippen molar-refractivity contribution in [2.24, 2.45) is 11.1 Å². The summed E-state index contributed by atoms with van der Waals surface area (Å²) < 4.78 is 1.20. The van der Waals surface area contributed by atoms with Gasteiger partial charge in [-0.1, -0.05) is 13.8 Å². The van der Waals surface area contributed by atoms with Crippen molar-refractivity contribution in [2.45, 2.75) is 39.2 Å². The second kappa shape index (κ2) is 6.04. The Morgan fingerprint density at radius 2 is 2.17 bits per heavy atom. The number of rotatable bonds is 3. The number of likely N-dealkylation sites (tertiary alicyclic amines) is 1. The van der Waals surface area contributed by atoms with Gasteiger partial charge >= 0.3 is 0 Å². The Morgan fingerprint density at radius 3 is 2.78 bits per heavy atom. The van der Waals surface area contributed by atoms with Gasteiger partial charge in [-0.25, -0.2) is 0 Å². The van der Waals surface area contributed by atoms with Crippen molar-refractivity contribution in [3.05, 3.63) is 20.8 Å². The summed E-state index contributed by atoms with van der Waals surface area (Å²) in [5, 5.41) is 0. The predicted molar refractivity (Wildman–Crippen MR) is 83.0 cm³/mol. The molecule has 1 aliphatic rings. The zero-order valence-corrected chi connectivity index (χ0v) is 13.7. The van der Waals surface area contributed by atoms with Crippen molar-refractivity contribution in [3.8, 4) is 0 Å². The summed E-state index contributed by atoms with van der Waals surface area (Å²) in [6, 6.07) is 4.74. The number of halogens is 1. The molecule has 1 aromatic heterocycles. The largest absolute Gasteiger partial charge is 0.329 e. The van der Waals surface area contributed by atoms with Crippen LogP contribution in [-0.4, -0.2) is 24.5 Å². The lowest BCUT2D eigenvalue weighted by Gasteiger charge is -2.29. The topological polar surface area (TPSA) is 29.3 Å². The summed E-state index contributed by atoms with van der Waals surface area (Å²) >= 11 is 5.36. The minimum absolute atomic E-state index is 0.398. The smallest absolute Gasteiger partial charge is 0.0702 e. The monoisotopic (exact) mass is 330 g/mol. The molecule has 0 radical (unpaired) electrons. The fourth-order valence-corrected chi connectivity index (χ4v) is 4.28. The molecule has 2 N–H and O–H groups in total. The van der Waals surface area contributed by atoms with Gasteiger partial charge in [0, 0.05) is 11.4 Å². The molecule has 0 bridgehead atoms. The summed E-state index contributed by atoms with van der Waals surface area (Å²) in [4.78, 5) is 3.97. The van der Waals surface area contributed by atoms with Crippen LogP contribution in [0.5, 0.6) is 0 Å². The van der Waals surface area contributed by atoms with Gasteiger partial charge in [0.05, 0.1) is 9.83 Å². The number of thiophene rings is 1. The van der Waals surface area contributed by atoms with Crippen molar-refractivity contribution in [2.75, 3.05) is 19.6 Å². The Morgan fingerprint density at radius 1 is 1.39 bits per heavy atom. The van der Waals surface area contributed by atoms with Crippen LogP contribution in [0.15, 0.2) is 15.9 Å². The van der Waals surface area contributed by atoms with E-state index in [0.29, 0.717) is 18.0 Å². The van der Waals surface area contributed by atoms with Crippen molar-refractivity contribution >= 4 is 27.3 Å². The molecule has 4 heteroatoms. The molecule has 0 aliphatic carbocycles. The van der Waals surface area contributed by atoms with E-state index >= 15 is 0 Å². The SMILES string of the molecule is CC1(C)CCCN(C(CN)c2ccc(Br)s2)CC1. The minimum atomic E-state index is 0.398.